The molecule has 2 nitrogen and oxygen atoms in total. The first-order valence-electron chi connectivity index (χ1n) is 3.70. The minimum atomic E-state index is -0.939. The maximum atomic E-state index is 8.72. The standard InChI is InChI=1S/C9H11ClO2/c1-7-3-2-4-8(5-7)12-6-9(10)11/h2-5,9,11H,6H2,1H3. The first-order valence-corrected chi connectivity index (χ1v) is 4.14. The van der Waals surface area contributed by atoms with Gasteiger partial charge < -0.3 is 9.84 Å². The van der Waals surface area contributed by atoms with Gasteiger partial charge in [0.25, 0.3) is 0 Å². The fourth-order valence-corrected chi connectivity index (χ4v) is 0.933. The van der Waals surface area contributed by atoms with Crippen LogP contribution >= 0.6 is 11.6 Å². The molecule has 0 saturated carbocycles. The fourth-order valence-electron chi connectivity index (χ4n) is 0.870. The van der Waals surface area contributed by atoms with E-state index >= 15 is 0 Å². The number of hydrogen-bond acceptors (Lipinski definition) is 2. The summed E-state index contributed by atoms with van der Waals surface area (Å²) >= 11 is 5.30. The first kappa shape index (κ1) is 9.36. The van der Waals surface area contributed by atoms with Crippen molar-refractivity contribution in [2.75, 3.05) is 6.61 Å². The van der Waals surface area contributed by atoms with Gasteiger partial charge in [0.05, 0.1) is 0 Å². The lowest BCUT2D eigenvalue weighted by atomic mass is 10.2. The Labute approximate surface area is 76.7 Å². The van der Waals surface area contributed by atoms with Crippen LogP contribution in [0.1, 0.15) is 5.56 Å². The van der Waals surface area contributed by atoms with Gasteiger partial charge in [0.15, 0.2) is 5.56 Å². The number of aliphatic hydroxyl groups excluding tert-OH is 1. The van der Waals surface area contributed by atoms with Crippen LogP contribution in [0.2, 0.25) is 0 Å². The average molecular weight is 187 g/mol. The smallest absolute Gasteiger partial charge is 0.161 e. The Kier molecular flexibility index (Phi) is 3.38. The van der Waals surface area contributed by atoms with E-state index in [9.17, 15) is 0 Å². The molecular formula is C9H11ClO2. The molecule has 0 spiro atoms. The highest BCUT2D eigenvalue weighted by molar-refractivity contribution is 6.19. The van der Waals surface area contributed by atoms with Gasteiger partial charge in [-0.2, -0.15) is 0 Å². The molecule has 1 rings (SSSR count). The third kappa shape index (κ3) is 3.11. The highest BCUT2D eigenvalue weighted by Crippen LogP contribution is 2.12. The molecule has 0 aliphatic carbocycles. The van der Waals surface area contributed by atoms with Crippen LogP contribution < -0.4 is 4.74 Å². The van der Waals surface area contributed by atoms with Crippen molar-refractivity contribution in [3.8, 4) is 5.75 Å². The normalized spacial score (nSPS) is 12.6. The van der Waals surface area contributed by atoms with Gasteiger partial charge in [-0.05, 0) is 24.6 Å². The van der Waals surface area contributed by atoms with E-state index < -0.39 is 5.56 Å². The van der Waals surface area contributed by atoms with E-state index in [0.717, 1.165) is 11.3 Å². The molecule has 1 N–H and O–H groups in total. The first-order chi connectivity index (χ1) is 5.68. The molecule has 0 amide bonds. The van der Waals surface area contributed by atoms with E-state index in [1.54, 1.807) is 0 Å². The molecule has 0 radical (unpaired) electrons. The average Bonchev–Trinajstić information content (AvgIpc) is 2.01. The van der Waals surface area contributed by atoms with E-state index in [1.165, 1.54) is 0 Å². The maximum absolute atomic E-state index is 8.72. The summed E-state index contributed by atoms with van der Waals surface area (Å²) in [5, 5.41) is 8.72. The minimum absolute atomic E-state index is 0.116. The molecule has 0 saturated heterocycles. The van der Waals surface area contributed by atoms with Crippen molar-refractivity contribution >= 4 is 11.6 Å². The molecule has 0 aliphatic heterocycles. The van der Waals surface area contributed by atoms with Crippen LogP contribution in [0.3, 0.4) is 0 Å². The Balaban J connectivity index is 2.52. The van der Waals surface area contributed by atoms with Crippen molar-refractivity contribution in [1.82, 2.24) is 0 Å². The third-order valence-electron chi connectivity index (χ3n) is 1.38. The number of aryl methyl sites for hydroxylation is 1. The zero-order valence-corrected chi connectivity index (χ0v) is 7.58. The summed E-state index contributed by atoms with van der Waals surface area (Å²) in [5.41, 5.74) is 0.182. The van der Waals surface area contributed by atoms with Gasteiger partial charge in [0.2, 0.25) is 0 Å². The summed E-state index contributed by atoms with van der Waals surface area (Å²) in [4.78, 5) is 0. The fraction of sp³-hybridized carbons (Fsp3) is 0.333. The van der Waals surface area contributed by atoms with Gasteiger partial charge >= 0.3 is 0 Å². The van der Waals surface area contributed by atoms with Gasteiger partial charge in [0.1, 0.15) is 12.4 Å². The van der Waals surface area contributed by atoms with Crippen LogP contribution in [-0.2, 0) is 0 Å². The van der Waals surface area contributed by atoms with Crippen molar-refractivity contribution in [2.45, 2.75) is 12.5 Å². The number of rotatable bonds is 3. The van der Waals surface area contributed by atoms with Gasteiger partial charge in [-0.25, -0.2) is 0 Å². The van der Waals surface area contributed by atoms with E-state index in [0.29, 0.717) is 0 Å². The van der Waals surface area contributed by atoms with E-state index in [1.807, 2.05) is 31.2 Å². The molecule has 0 aliphatic rings. The van der Waals surface area contributed by atoms with Gasteiger partial charge in [0, 0.05) is 0 Å². The zero-order chi connectivity index (χ0) is 8.97. The van der Waals surface area contributed by atoms with Crippen LogP contribution in [0, 0.1) is 6.92 Å². The van der Waals surface area contributed by atoms with Gasteiger partial charge in [-0.15, -0.1) is 0 Å². The Hall–Kier alpha value is -0.730. The molecule has 0 heterocycles. The summed E-state index contributed by atoms with van der Waals surface area (Å²) in [6.45, 7) is 2.09. The lowest BCUT2D eigenvalue weighted by Crippen LogP contribution is -2.10. The van der Waals surface area contributed by atoms with Crippen molar-refractivity contribution in [3.63, 3.8) is 0 Å². The van der Waals surface area contributed by atoms with Gasteiger partial charge in [-0.3, -0.25) is 0 Å². The van der Waals surface area contributed by atoms with Crippen LogP contribution in [0.15, 0.2) is 24.3 Å². The molecule has 0 aromatic heterocycles. The van der Waals surface area contributed by atoms with E-state index in [2.05, 4.69) is 0 Å². The van der Waals surface area contributed by atoms with Crippen molar-refractivity contribution in [3.05, 3.63) is 29.8 Å². The molecule has 1 atom stereocenters. The molecule has 12 heavy (non-hydrogen) atoms. The Morgan fingerprint density at radius 2 is 2.33 bits per heavy atom. The van der Waals surface area contributed by atoms with E-state index in [-0.39, 0.29) is 6.61 Å². The molecular weight excluding hydrogens is 176 g/mol. The number of halogens is 1. The summed E-state index contributed by atoms with van der Waals surface area (Å²) in [7, 11) is 0. The molecule has 0 bridgehead atoms. The lowest BCUT2D eigenvalue weighted by molar-refractivity contribution is 0.169. The molecule has 1 unspecified atom stereocenters. The minimum Gasteiger partial charge on any atom is -0.490 e. The monoisotopic (exact) mass is 186 g/mol. The lowest BCUT2D eigenvalue weighted by Gasteiger charge is -2.06. The second kappa shape index (κ2) is 4.33. The Morgan fingerprint density at radius 1 is 1.58 bits per heavy atom. The number of aliphatic hydroxyl groups is 1. The second-order valence-corrected chi connectivity index (χ2v) is 3.07. The van der Waals surface area contributed by atoms with Crippen LogP contribution in [-0.4, -0.2) is 17.3 Å². The van der Waals surface area contributed by atoms with Crippen molar-refractivity contribution in [2.24, 2.45) is 0 Å². The van der Waals surface area contributed by atoms with Crippen LogP contribution in [0.5, 0.6) is 5.75 Å². The highest BCUT2D eigenvalue weighted by Gasteiger charge is 1.98. The third-order valence-corrected chi connectivity index (χ3v) is 1.50. The van der Waals surface area contributed by atoms with Crippen LogP contribution in [0.4, 0.5) is 0 Å². The SMILES string of the molecule is Cc1cccc(OCC(O)Cl)c1. The largest absolute Gasteiger partial charge is 0.490 e. The molecule has 3 heteroatoms. The molecule has 0 fully saturated rings. The number of hydrogen-bond donors (Lipinski definition) is 1. The summed E-state index contributed by atoms with van der Waals surface area (Å²) in [6, 6.07) is 7.58. The number of alkyl halides is 1. The topological polar surface area (TPSA) is 29.5 Å². The maximum Gasteiger partial charge on any atom is 0.161 e. The Morgan fingerprint density at radius 3 is 2.92 bits per heavy atom. The van der Waals surface area contributed by atoms with Crippen LogP contribution in [0.25, 0.3) is 0 Å². The predicted molar refractivity (Wildman–Crippen MR) is 48.5 cm³/mol. The molecule has 1 aromatic rings. The Bertz CT molecular complexity index is 248. The highest BCUT2D eigenvalue weighted by atomic mass is 35.5. The molecule has 66 valence electrons. The second-order valence-electron chi connectivity index (χ2n) is 2.56. The van der Waals surface area contributed by atoms with Gasteiger partial charge in [-0.1, -0.05) is 23.7 Å². The van der Waals surface area contributed by atoms with Crippen molar-refractivity contribution < 1.29 is 9.84 Å². The summed E-state index contributed by atoms with van der Waals surface area (Å²) in [6.07, 6.45) is 0. The summed E-state index contributed by atoms with van der Waals surface area (Å²) in [5.74, 6) is 0.731. The zero-order valence-electron chi connectivity index (χ0n) is 6.83. The summed E-state index contributed by atoms with van der Waals surface area (Å²) < 4.78 is 5.17. The molecule has 1 aromatic carbocycles. The quantitative estimate of drug-likeness (QED) is 0.731. The number of benzene rings is 1. The number of ether oxygens (including phenoxy) is 1. The van der Waals surface area contributed by atoms with E-state index in [4.69, 9.17) is 21.4 Å². The van der Waals surface area contributed by atoms with Crippen molar-refractivity contribution in [1.29, 1.82) is 0 Å². The predicted octanol–water partition coefficient (Wildman–Crippen LogP) is 1.93.